The van der Waals surface area contributed by atoms with Crippen molar-refractivity contribution in [3.8, 4) is 28.4 Å². The van der Waals surface area contributed by atoms with Crippen LogP contribution >= 0.6 is 0 Å². The number of fused-ring (bicyclic) bond motifs is 1. The van der Waals surface area contributed by atoms with Crippen molar-refractivity contribution in [3.63, 3.8) is 0 Å². The quantitative estimate of drug-likeness (QED) is 0.535. The Hall–Kier alpha value is -3.28. The van der Waals surface area contributed by atoms with E-state index in [0.717, 1.165) is 0 Å². The van der Waals surface area contributed by atoms with Gasteiger partial charge in [-0.25, -0.2) is 0 Å². The fourth-order valence-corrected chi connectivity index (χ4v) is 2.54. The Morgan fingerprint density at radius 2 is 1.72 bits per heavy atom. The highest BCUT2D eigenvalue weighted by Crippen LogP contribution is 2.31. The van der Waals surface area contributed by atoms with Gasteiger partial charge in [0.1, 0.15) is 34.5 Å². The van der Waals surface area contributed by atoms with E-state index in [0.29, 0.717) is 39.3 Å². The number of methoxy groups -OCH3 is 2. The summed E-state index contributed by atoms with van der Waals surface area (Å²) in [6.45, 7) is 1.33. The summed E-state index contributed by atoms with van der Waals surface area (Å²) >= 11 is 0. The summed E-state index contributed by atoms with van der Waals surface area (Å²) in [5.74, 6) is 0.910. The number of rotatable bonds is 4. The summed E-state index contributed by atoms with van der Waals surface area (Å²) in [4.78, 5) is 23.9. The molecule has 0 radical (unpaired) electrons. The molecular formula is C19H16O6. The van der Waals surface area contributed by atoms with Crippen molar-refractivity contribution in [1.29, 1.82) is 0 Å². The number of ether oxygens (including phenoxy) is 3. The first-order valence-corrected chi connectivity index (χ1v) is 7.50. The third kappa shape index (κ3) is 3.19. The maximum atomic E-state index is 12.9. The molecule has 0 spiro atoms. The minimum atomic E-state index is -0.406. The largest absolute Gasteiger partial charge is 0.496 e. The Bertz CT molecular complexity index is 985. The van der Waals surface area contributed by atoms with Gasteiger partial charge in [-0.3, -0.25) is 9.59 Å². The van der Waals surface area contributed by atoms with Crippen LogP contribution in [-0.2, 0) is 4.79 Å². The molecule has 0 saturated heterocycles. The highest BCUT2D eigenvalue weighted by molar-refractivity contribution is 5.88. The average Bonchev–Trinajstić information content (AvgIpc) is 2.61. The summed E-state index contributed by atoms with van der Waals surface area (Å²) < 4.78 is 21.1. The second-order valence-electron chi connectivity index (χ2n) is 5.30. The van der Waals surface area contributed by atoms with Gasteiger partial charge in [0.15, 0.2) is 0 Å². The lowest BCUT2D eigenvalue weighted by atomic mass is 10.0. The molecule has 6 nitrogen and oxygen atoms in total. The third-order valence-corrected chi connectivity index (χ3v) is 3.70. The van der Waals surface area contributed by atoms with Crippen LogP contribution in [0.5, 0.6) is 17.2 Å². The molecule has 25 heavy (non-hydrogen) atoms. The minimum absolute atomic E-state index is 0.221. The van der Waals surface area contributed by atoms with Gasteiger partial charge in [-0.05, 0) is 17.7 Å². The molecule has 0 bridgehead atoms. The minimum Gasteiger partial charge on any atom is -0.496 e. The molecule has 1 aromatic heterocycles. The van der Waals surface area contributed by atoms with E-state index in [-0.39, 0.29) is 5.43 Å². The van der Waals surface area contributed by atoms with Crippen LogP contribution in [0, 0.1) is 0 Å². The molecule has 3 rings (SSSR count). The summed E-state index contributed by atoms with van der Waals surface area (Å²) in [7, 11) is 3.01. The molecule has 6 heteroatoms. The summed E-state index contributed by atoms with van der Waals surface area (Å²) in [5.41, 5.74) is 1.18. The Balaban J connectivity index is 2.13. The average molecular weight is 340 g/mol. The van der Waals surface area contributed by atoms with Crippen molar-refractivity contribution in [2.45, 2.75) is 6.92 Å². The topological polar surface area (TPSA) is 75.0 Å². The van der Waals surface area contributed by atoms with Gasteiger partial charge in [-0.2, -0.15) is 0 Å². The normalized spacial score (nSPS) is 10.5. The van der Waals surface area contributed by atoms with Gasteiger partial charge in [0, 0.05) is 19.1 Å². The Labute approximate surface area is 143 Å². The summed E-state index contributed by atoms with van der Waals surface area (Å²) in [6.07, 6.45) is 1.39. The molecule has 0 N–H and O–H groups in total. The van der Waals surface area contributed by atoms with Gasteiger partial charge < -0.3 is 18.6 Å². The fourth-order valence-electron chi connectivity index (χ4n) is 2.54. The maximum Gasteiger partial charge on any atom is 0.308 e. The lowest BCUT2D eigenvalue weighted by Crippen LogP contribution is -2.07. The zero-order valence-corrected chi connectivity index (χ0v) is 14.0. The van der Waals surface area contributed by atoms with Crippen molar-refractivity contribution in [2.24, 2.45) is 0 Å². The maximum absolute atomic E-state index is 12.9. The summed E-state index contributed by atoms with van der Waals surface area (Å²) in [6, 6.07) is 9.87. The molecule has 0 saturated carbocycles. The van der Waals surface area contributed by atoms with E-state index < -0.39 is 5.97 Å². The Morgan fingerprint density at radius 3 is 2.32 bits per heavy atom. The number of esters is 1. The van der Waals surface area contributed by atoms with E-state index in [1.165, 1.54) is 27.4 Å². The number of hydrogen-bond donors (Lipinski definition) is 0. The number of carbonyl (C=O) groups excluding carboxylic acids is 1. The van der Waals surface area contributed by atoms with Crippen LogP contribution in [0.25, 0.3) is 22.1 Å². The van der Waals surface area contributed by atoms with Crippen LogP contribution in [0.1, 0.15) is 6.92 Å². The molecule has 2 aromatic carbocycles. The molecule has 3 aromatic rings. The molecule has 1 heterocycles. The van der Waals surface area contributed by atoms with Crippen molar-refractivity contribution >= 4 is 16.9 Å². The van der Waals surface area contributed by atoms with Crippen molar-refractivity contribution in [3.05, 3.63) is 52.9 Å². The van der Waals surface area contributed by atoms with Gasteiger partial charge in [-0.1, -0.05) is 12.1 Å². The molecule has 0 aliphatic carbocycles. The van der Waals surface area contributed by atoms with Crippen LogP contribution in [0.4, 0.5) is 0 Å². The van der Waals surface area contributed by atoms with Crippen LogP contribution in [-0.4, -0.2) is 20.2 Å². The number of hydrogen-bond acceptors (Lipinski definition) is 6. The van der Waals surface area contributed by atoms with E-state index >= 15 is 0 Å². The van der Waals surface area contributed by atoms with Gasteiger partial charge in [0.05, 0.1) is 19.8 Å². The first kappa shape index (κ1) is 16.6. The van der Waals surface area contributed by atoms with Gasteiger partial charge >= 0.3 is 5.97 Å². The lowest BCUT2D eigenvalue weighted by Gasteiger charge is -2.09. The van der Waals surface area contributed by atoms with Crippen LogP contribution in [0.2, 0.25) is 0 Å². The van der Waals surface area contributed by atoms with Gasteiger partial charge in [0.2, 0.25) is 5.43 Å². The molecule has 0 fully saturated rings. The third-order valence-electron chi connectivity index (χ3n) is 3.70. The first-order valence-electron chi connectivity index (χ1n) is 7.50. The predicted molar refractivity (Wildman–Crippen MR) is 92.3 cm³/mol. The monoisotopic (exact) mass is 340 g/mol. The SMILES string of the molecule is COc1cc(OC)c2c(=O)c(-c3ccc(OC(C)=O)cc3)coc2c1. The van der Waals surface area contributed by atoms with E-state index in [1.807, 2.05) is 0 Å². The van der Waals surface area contributed by atoms with E-state index in [9.17, 15) is 9.59 Å². The zero-order chi connectivity index (χ0) is 18.0. The Kier molecular flexibility index (Phi) is 4.43. The molecule has 0 amide bonds. The second kappa shape index (κ2) is 6.68. The highest BCUT2D eigenvalue weighted by atomic mass is 16.5. The standard InChI is InChI=1S/C19H16O6/c1-11(20)25-13-6-4-12(5-7-13)15-10-24-17-9-14(22-2)8-16(23-3)18(17)19(15)21/h4-10H,1-3H3. The lowest BCUT2D eigenvalue weighted by molar-refractivity contribution is -0.131. The number of benzene rings is 2. The van der Waals surface area contributed by atoms with Gasteiger partial charge in [-0.15, -0.1) is 0 Å². The van der Waals surface area contributed by atoms with Crippen molar-refractivity contribution in [1.82, 2.24) is 0 Å². The summed E-state index contributed by atoms with van der Waals surface area (Å²) in [5, 5.41) is 0.338. The highest BCUT2D eigenvalue weighted by Gasteiger charge is 2.15. The van der Waals surface area contributed by atoms with E-state index in [1.54, 1.807) is 36.4 Å². The van der Waals surface area contributed by atoms with Crippen LogP contribution < -0.4 is 19.6 Å². The van der Waals surface area contributed by atoms with Crippen molar-refractivity contribution in [2.75, 3.05) is 14.2 Å². The van der Waals surface area contributed by atoms with Crippen molar-refractivity contribution < 1.29 is 23.4 Å². The van der Waals surface area contributed by atoms with E-state index in [2.05, 4.69) is 0 Å². The van der Waals surface area contributed by atoms with Crippen LogP contribution in [0.3, 0.4) is 0 Å². The second-order valence-corrected chi connectivity index (χ2v) is 5.30. The fraction of sp³-hybridized carbons (Fsp3) is 0.158. The zero-order valence-electron chi connectivity index (χ0n) is 14.0. The molecule has 0 aliphatic heterocycles. The molecule has 0 unspecified atom stereocenters. The molecule has 128 valence electrons. The predicted octanol–water partition coefficient (Wildman–Crippen LogP) is 3.40. The first-order chi connectivity index (χ1) is 12.0. The molecule has 0 atom stereocenters. The van der Waals surface area contributed by atoms with E-state index in [4.69, 9.17) is 18.6 Å². The number of carbonyl (C=O) groups is 1. The Morgan fingerprint density at radius 1 is 1.00 bits per heavy atom. The molecular weight excluding hydrogens is 324 g/mol. The molecule has 0 aliphatic rings. The van der Waals surface area contributed by atoms with Crippen LogP contribution in [0.15, 0.2) is 51.9 Å². The van der Waals surface area contributed by atoms with Gasteiger partial charge in [0.25, 0.3) is 0 Å². The smallest absolute Gasteiger partial charge is 0.308 e.